The van der Waals surface area contributed by atoms with Gasteiger partial charge in [0.05, 0.1) is 13.7 Å². The van der Waals surface area contributed by atoms with Gasteiger partial charge >= 0.3 is 0 Å². The van der Waals surface area contributed by atoms with Crippen molar-refractivity contribution in [2.24, 2.45) is 0 Å². The summed E-state index contributed by atoms with van der Waals surface area (Å²) >= 11 is 0. The SMILES string of the molecule is CC#CCCOc1cc(CNC(C)(C)C)ccc1OC. The molecule has 0 spiro atoms. The Bertz CT molecular complexity index is 478. The minimum Gasteiger partial charge on any atom is -0.493 e. The predicted molar refractivity (Wildman–Crippen MR) is 83.1 cm³/mol. The van der Waals surface area contributed by atoms with Crippen LogP contribution < -0.4 is 14.8 Å². The van der Waals surface area contributed by atoms with Gasteiger partial charge in [-0.05, 0) is 45.4 Å². The van der Waals surface area contributed by atoms with Crippen LogP contribution in [0.15, 0.2) is 18.2 Å². The summed E-state index contributed by atoms with van der Waals surface area (Å²) in [4.78, 5) is 0. The van der Waals surface area contributed by atoms with Gasteiger partial charge in [-0.2, -0.15) is 0 Å². The molecule has 20 heavy (non-hydrogen) atoms. The van der Waals surface area contributed by atoms with Crippen molar-refractivity contribution in [2.75, 3.05) is 13.7 Å². The van der Waals surface area contributed by atoms with Gasteiger partial charge < -0.3 is 14.8 Å². The number of methoxy groups -OCH3 is 1. The highest BCUT2D eigenvalue weighted by Crippen LogP contribution is 2.28. The van der Waals surface area contributed by atoms with Gasteiger partial charge in [-0.15, -0.1) is 11.8 Å². The van der Waals surface area contributed by atoms with Gasteiger partial charge in [0.15, 0.2) is 11.5 Å². The molecule has 1 rings (SSSR count). The summed E-state index contributed by atoms with van der Waals surface area (Å²) in [6.07, 6.45) is 0.726. The number of rotatable bonds is 6. The Balaban J connectivity index is 2.71. The Morgan fingerprint density at radius 2 is 1.95 bits per heavy atom. The van der Waals surface area contributed by atoms with Crippen molar-refractivity contribution in [3.8, 4) is 23.3 Å². The number of benzene rings is 1. The van der Waals surface area contributed by atoms with E-state index in [0.29, 0.717) is 6.61 Å². The molecule has 0 aliphatic heterocycles. The normalized spacial score (nSPS) is 10.7. The van der Waals surface area contributed by atoms with Crippen LogP contribution in [-0.4, -0.2) is 19.3 Å². The molecule has 0 unspecified atom stereocenters. The van der Waals surface area contributed by atoms with Crippen LogP contribution >= 0.6 is 0 Å². The molecule has 1 aromatic carbocycles. The summed E-state index contributed by atoms with van der Waals surface area (Å²) in [7, 11) is 1.65. The van der Waals surface area contributed by atoms with E-state index < -0.39 is 0 Å². The van der Waals surface area contributed by atoms with E-state index in [2.05, 4.69) is 44.0 Å². The molecule has 0 amide bonds. The van der Waals surface area contributed by atoms with Crippen molar-refractivity contribution in [2.45, 2.75) is 46.2 Å². The highest BCUT2D eigenvalue weighted by atomic mass is 16.5. The fraction of sp³-hybridized carbons (Fsp3) is 0.529. The summed E-state index contributed by atoms with van der Waals surface area (Å²) in [6.45, 7) is 9.66. The van der Waals surface area contributed by atoms with Gasteiger partial charge in [-0.25, -0.2) is 0 Å². The Morgan fingerprint density at radius 1 is 1.20 bits per heavy atom. The third-order valence-corrected chi connectivity index (χ3v) is 2.71. The fourth-order valence-electron chi connectivity index (χ4n) is 1.65. The number of hydrogen-bond donors (Lipinski definition) is 1. The molecule has 0 saturated heterocycles. The molecule has 0 aliphatic carbocycles. The number of nitrogens with one attached hydrogen (secondary N) is 1. The minimum absolute atomic E-state index is 0.0949. The molecule has 1 aromatic rings. The summed E-state index contributed by atoms with van der Waals surface area (Å²) < 4.78 is 11.1. The van der Waals surface area contributed by atoms with E-state index in [1.54, 1.807) is 7.11 Å². The molecule has 110 valence electrons. The molecule has 0 radical (unpaired) electrons. The van der Waals surface area contributed by atoms with Crippen LogP contribution in [0.25, 0.3) is 0 Å². The first-order valence-electron chi connectivity index (χ1n) is 6.90. The highest BCUT2D eigenvalue weighted by Gasteiger charge is 2.10. The lowest BCUT2D eigenvalue weighted by atomic mass is 10.1. The van der Waals surface area contributed by atoms with E-state index >= 15 is 0 Å². The first kappa shape index (κ1) is 16.4. The Hall–Kier alpha value is -1.66. The second-order valence-electron chi connectivity index (χ2n) is 5.61. The molecule has 0 fully saturated rings. The van der Waals surface area contributed by atoms with Gasteiger partial charge in [0, 0.05) is 18.5 Å². The van der Waals surface area contributed by atoms with Gasteiger partial charge in [0.1, 0.15) is 0 Å². The topological polar surface area (TPSA) is 30.5 Å². The molecule has 3 heteroatoms. The second-order valence-corrected chi connectivity index (χ2v) is 5.61. The maximum absolute atomic E-state index is 5.75. The second kappa shape index (κ2) is 7.81. The first-order chi connectivity index (χ1) is 9.46. The third-order valence-electron chi connectivity index (χ3n) is 2.71. The average Bonchev–Trinajstić information content (AvgIpc) is 2.40. The Labute approximate surface area is 122 Å². The molecule has 0 saturated carbocycles. The quantitative estimate of drug-likeness (QED) is 0.638. The lowest BCUT2D eigenvalue weighted by molar-refractivity contribution is 0.301. The fourth-order valence-corrected chi connectivity index (χ4v) is 1.65. The van der Waals surface area contributed by atoms with Gasteiger partial charge in [-0.1, -0.05) is 6.07 Å². The number of hydrogen-bond acceptors (Lipinski definition) is 3. The molecule has 0 aliphatic rings. The van der Waals surface area contributed by atoms with Crippen LogP contribution in [-0.2, 0) is 6.54 Å². The molecular weight excluding hydrogens is 250 g/mol. The van der Waals surface area contributed by atoms with Crippen LogP contribution in [0.3, 0.4) is 0 Å². The lowest BCUT2D eigenvalue weighted by Crippen LogP contribution is -2.35. The standard InChI is InChI=1S/C17H25NO2/c1-6-7-8-11-20-16-12-14(9-10-15(16)19-5)13-18-17(2,3)4/h9-10,12,18H,8,11,13H2,1-5H3. The molecule has 0 bridgehead atoms. The summed E-state index contributed by atoms with van der Waals surface area (Å²) in [6, 6.07) is 6.02. The molecule has 0 heterocycles. The zero-order valence-electron chi connectivity index (χ0n) is 13.2. The lowest BCUT2D eigenvalue weighted by Gasteiger charge is -2.21. The van der Waals surface area contributed by atoms with E-state index in [1.807, 2.05) is 19.1 Å². The monoisotopic (exact) mass is 275 g/mol. The van der Waals surface area contributed by atoms with Gasteiger partial charge in [-0.3, -0.25) is 0 Å². The first-order valence-corrected chi connectivity index (χ1v) is 6.90. The van der Waals surface area contributed by atoms with E-state index in [1.165, 1.54) is 5.56 Å². The van der Waals surface area contributed by atoms with E-state index in [9.17, 15) is 0 Å². The molecular formula is C17H25NO2. The summed E-state index contributed by atoms with van der Waals surface area (Å²) in [5, 5.41) is 3.46. The van der Waals surface area contributed by atoms with E-state index in [4.69, 9.17) is 9.47 Å². The van der Waals surface area contributed by atoms with E-state index in [0.717, 1.165) is 24.5 Å². The van der Waals surface area contributed by atoms with Crippen LogP contribution in [0.5, 0.6) is 11.5 Å². The van der Waals surface area contributed by atoms with Crippen LogP contribution in [0, 0.1) is 11.8 Å². The zero-order valence-corrected chi connectivity index (χ0v) is 13.2. The number of ether oxygens (including phenoxy) is 2. The minimum atomic E-state index is 0.0949. The van der Waals surface area contributed by atoms with Crippen LogP contribution in [0.2, 0.25) is 0 Å². The van der Waals surface area contributed by atoms with Crippen LogP contribution in [0.4, 0.5) is 0 Å². The van der Waals surface area contributed by atoms with Crippen molar-refractivity contribution in [3.05, 3.63) is 23.8 Å². The summed E-state index contributed by atoms with van der Waals surface area (Å²) in [5.41, 5.74) is 1.27. The maximum Gasteiger partial charge on any atom is 0.161 e. The average molecular weight is 275 g/mol. The predicted octanol–water partition coefficient (Wildman–Crippen LogP) is 3.38. The van der Waals surface area contributed by atoms with Gasteiger partial charge in [0.25, 0.3) is 0 Å². The van der Waals surface area contributed by atoms with Crippen molar-refractivity contribution in [1.82, 2.24) is 5.32 Å². The molecule has 0 aromatic heterocycles. The third kappa shape index (κ3) is 5.99. The molecule has 1 N–H and O–H groups in total. The summed E-state index contributed by atoms with van der Waals surface area (Å²) in [5.74, 6) is 7.38. The Morgan fingerprint density at radius 3 is 2.55 bits per heavy atom. The Kier molecular flexibility index (Phi) is 6.41. The van der Waals surface area contributed by atoms with Crippen molar-refractivity contribution in [1.29, 1.82) is 0 Å². The molecule has 3 nitrogen and oxygen atoms in total. The van der Waals surface area contributed by atoms with Crippen molar-refractivity contribution >= 4 is 0 Å². The molecule has 0 atom stereocenters. The smallest absolute Gasteiger partial charge is 0.161 e. The highest BCUT2D eigenvalue weighted by molar-refractivity contribution is 5.43. The van der Waals surface area contributed by atoms with E-state index in [-0.39, 0.29) is 5.54 Å². The van der Waals surface area contributed by atoms with Crippen molar-refractivity contribution in [3.63, 3.8) is 0 Å². The van der Waals surface area contributed by atoms with Crippen LogP contribution in [0.1, 0.15) is 39.7 Å². The zero-order chi connectivity index (χ0) is 15.0. The van der Waals surface area contributed by atoms with Crippen molar-refractivity contribution < 1.29 is 9.47 Å². The largest absolute Gasteiger partial charge is 0.493 e. The maximum atomic E-state index is 5.75. The van der Waals surface area contributed by atoms with Gasteiger partial charge in [0.2, 0.25) is 0 Å².